The Balaban J connectivity index is 2.35. The molecular formula is C15H15N3O. The summed E-state index contributed by atoms with van der Waals surface area (Å²) < 4.78 is 0. The van der Waals surface area contributed by atoms with Crippen molar-refractivity contribution in [2.24, 2.45) is 10.2 Å². The summed E-state index contributed by atoms with van der Waals surface area (Å²) in [6.45, 7) is 0. The van der Waals surface area contributed by atoms with Crippen molar-refractivity contribution in [1.82, 2.24) is 0 Å². The Hall–Kier alpha value is -2.49. The molecule has 96 valence electrons. The molecule has 0 saturated heterocycles. The fraction of sp³-hybridized carbons (Fsp3) is 0.133. The zero-order valence-electron chi connectivity index (χ0n) is 10.9. The van der Waals surface area contributed by atoms with Crippen LogP contribution in [0.2, 0.25) is 0 Å². The van der Waals surface area contributed by atoms with Gasteiger partial charge >= 0.3 is 0 Å². The van der Waals surface area contributed by atoms with E-state index in [0.29, 0.717) is 11.3 Å². The van der Waals surface area contributed by atoms with Crippen molar-refractivity contribution in [3.8, 4) is 0 Å². The third-order valence-corrected chi connectivity index (χ3v) is 2.69. The molecule has 0 spiro atoms. The molecule has 2 aromatic rings. The van der Waals surface area contributed by atoms with Gasteiger partial charge in [0.1, 0.15) is 5.69 Å². The smallest absolute Gasteiger partial charge is 0.152 e. The van der Waals surface area contributed by atoms with Crippen molar-refractivity contribution >= 4 is 23.3 Å². The molecule has 0 bridgehead atoms. The molecule has 0 aliphatic rings. The highest BCUT2D eigenvalue weighted by Gasteiger charge is 2.03. The van der Waals surface area contributed by atoms with E-state index in [1.807, 2.05) is 49.3 Å². The van der Waals surface area contributed by atoms with Crippen molar-refractivity contribution in [1.29, 1.82) is 0 Å². The molecule has 2 rings (SSSR count). The topological polar surface area (TPSA) is 45.0 Å². The van der Waals surface area contributed by atoms with E-state index in [2.05, 4.69) is 10.2 Å². The molecule has 0 amide bonds. The van der Waals surface area contributed by atoms with Crippen LogP contribution in [-0.2, 0) is 0 Å². The number of para-hydroxylation sites is 1. The average Bonchev–Trinajstić information content (AvgIpc) is 2.45. The summed E-state index contributed by atoms with van der Waals surface area (Å²) in [5.41, 5.74) is 2.86. The van der Waals surface area contributed by atoms with E-state index in [1.54, 1.807) is 18.2 Å². The molecule has 0 aromatic heterocycles. The Kier molecular flexibility index (Phi) is 4.03. The maximum absolute atomic E-state index is 10.9. The minimum Gasteiger partial charge on any atom is -0.376 e. The molecule has 0 aliphatic carbocycles. The van der Waals surface area contributed by atoms with Gasteiger partial charge in [-0.2, -0.15) is 0 Å². The first-order valence-corrected chi connectivity index (χ1v) is 5.94. The van der Waals surface area contributed by atoms with Crippen LogP contribution in [0.5, 0.6) is 0 Å². The monoisotopic (exact) mass is 253 g/mol. The number of benzene rings is 2. The lowest BCUT2D eigenvalue weighted by molar-refractivity contribution is 0.112. The van der Waals surface area contributed by atoms with Gasteiger partial charge in [0, 0.05) is 19.7 Å². The molecule has 0 saturated carbocycles. The quantitative estimate of drug-likeness (QED) is 0.611. The van der Waals surface area contributed by atoms with Gasteiger partial charge < -0.3 is 4.90 Å². The Morgan fingerprint density at radius 2 is 1.47 bits per heavy atom. The molecule has 0 atom stereocenters. The third-order valence-electron chi connectivity index (χ3n) is 2.69. The van der Waals surface area contributed by atoms with Crippen LogP contribution in [-0.4, -0.2) is 20.4 Å². The summed E-state index contributed by atoms with van der Waals surface area (Å²) in [6, 6.07) is 14.9. The summed E-state index contributed by atoms with van der Waals surface area (Å²) >= 11 is 0. The Morgan fingerprint density at radius 3 is 2.16 bits per heavy atom. The average molecular weight is 253 g/mol. The lowest BCUT2D eigenvalue weighted by atomic mass is 10.2. The van der Waals surface area contributed by atoms with Crippen LogP contribution < -0.4 is 4.90 Å². The second-order valence-electron chi connectivity index (χ2n) is 4.26. The van der Waals surface area contributed by atoms with Crippen LogP contribution in [0.15, 0.2) is 58.8 Å². The SMILES string of the molecule is CN(C)c1ccccc1N=Nc1ccccc1C=O. The van der Waals surface area contributed by atoms with E-state index >= 15 is 0 Å². The van der Waals surface area contributed by atoms with Crippen LogP contribution in [0.3, 0.4) is 0 Å². The van der Waals surface area contributed by atoms with Crippen molar-refractivity contribution in [2.45, 2.75) is 0 Å². The van der Waals surface area contributed by atoms with E-state index in [-0.39, 0.29) is 0 Å². The number of carbonyl (C=O) groups excluding carboxylic acids is 1. The first-order chi connectivity index (χ1) is 9.22. The highest BCUT2D eigenvalue weighted by Crippen LogP contribution is 2.29. The number of aldehydes is 1. The third kappa shape index (κ3) is 3.04. The van der Waals surface area contributed by atoms with Gasteiger partial charge in [-0.1, -0.05) is 24.3 Å². The number of hydrogen-bond acceptors (Lipinski definition) is 4. The van der Waals surface area contributed by atoms with Gasteiger partial charge in [0.2, 0.25) is 0 Å². The zero-order chi connectivity index (χ0) is 13.7. The fourth-order valence-corrected chi connectivity index (χ4v) is 1.71. The largest absolute Gasteiger partial charge is 0.376 e. The number of nitrogens with zero attached hydrogens (tertiary/aromatic N) is 3. The molecule has 4 nitrogen and oxygen atoms in total. The van der Waals surface area contributed by atoms with E-state index in [0.717, 1.165) is 17.7 Å². The van der Waals surface area contributed by atoms with Crippen LogP contribution in [0, 0.1) is 0 Å². The summed E-state index contributed by atoms with van der Waals surface area (Å²) in [7, 11) is 3.90. The molecule has 0 unspecified atom stereocenters. The lowest BCUT2D eigenvalue weighted by Crippen LogP contribution is -2.08. The Morgan fingerprint density at radius 1 is 0.895 bits per heavy atom. The number of carbonyl (C=O) groups is 1. The van der Waals surface area contributed by atoms with Crippen LogP contribution >= 0.6 is 0 Å². The van der Waals surface area contributed by atoms with Gasteiger partial charge in [-0.25, -0.2) is 0 Å². The summed E-state index contributed by atoms with van der Waals surface area (Å²) in [6.07, 6.45) is 0.784. The predicted octanol–water partition coefficient (Wildman–Crippen LogP) is 3.98. The first-order valence-electron chi connectivity index (χ1n) is 5.94. The van der Waals surface area contributed by atoms with Gasteiger partial charge in [0.25, 0.3) is 0 Å². The molecule has 19 heavy (non-hydrogen) atoms. The predicted molar refractivity (Wildman–Crippen MR) is 76.8 cm³/mol. The van der Waals surface area contributed by atoms with Crippen LogP contribution in [0.1, 0.15) is 10.4 Å². The number of rotatable bonds is 4. The van der Waals surface area contributed by atoms with Crippen LogP contribution in [0.25, 0.3) is 0 Å². The van der Waals surface area contributed by atoms with Gasteiger partial charge in [-0.15, -0.1) is 10.2 Å². The molecule has 0 heterocycles. The zero-order valence-corrected chi connectivity index (χ0v) is 10.9. The van der Waals surface area contributed by atoms with E-state index < -0.39 is 0 Å². The lowest BCUT2D eigenvalue weighted by Gasteiger charge is -2.13. The second kappa shape index (κ2) is 5.91. The molecule has 2 aromatic carbocycles. The highest BCUT2D eigenvalue weighted by atomic mass is 16.1. The standard InChI is InChI=1S/C15H15N3O/c1-18(2)15-10-6-5-9-14(15)17-16-13-8-4-3-7-12(13)11-19/h3-11H,1-2H3. The van der Waals surface area contributed by atoms with E-state index in [9.17, 15) is 4.79 Å². The summed E-state index contributed by atoms with van der Waals surface area (Å²) in [5, 5.41) is 8.39. The molecular weight excluding hydrogens is 238 g/mol. The number of anilines is 1. The Bertz CT molecular complexity index is 606. The van der Waals surface area contributed by atoms with E-state index in [4.69, 9.17) is 0 Å². The molecule has 0 fully saturated rings. The summed E-state index contributed by atoms with van der Waals surface area (Å²) in [4.78, 5) is 12.9. The maximum Gasteiger partial charge on any atom is 0.152 e. The number of azo groups is 1. The van der Waals surface area contributed by atoms with Crippen molar-refractivity contribution < 1.29 is 4.79 Å². The molecule has 4 heteroatoms. The van der Waals surface area contributed by atoms with Crippen molar-refractivity contribution in [2.75, 3.05) is 19.0 Å². The van der Waals surface area contributed by atoms with Gasteiger partial charge in [0.15, 0.2) is 6.29 Å². The van der Waals surface area contributed by atoms with Crippen molar-refractivity contribution in [3.05, 3.63) is 54.1 Å². The Labute approximate surface area is 112 Å². The summed E-state index contributed by atoms with van der Waals surface area (Å²) in [5.74, 6) is 0. The minimum absolute atomic E-state index is 0.536. The first kappa shape index (κ1) is 13.0. The van der Waals surface area contributed by atoms with Gasteiger partial charge in [-0.05, 0) is 24.3 Å². The van der Waals surface area contributed by atoms with Crippen molar-refractivity contribution in [3.63, 3.8) is 0 Å². The second-order valence-corrected chi connectivity index (χ2v) is 4.26. The van der Waals surface area contributed by atoms with Gasteiger partial charge in [0.05, 0.1) is 11.4 Å². The molecule has 0 aliphatic heterocycles. The van der Waals surface area contributed by atoms with Crippen LogP contribution in [0.4, 0.5) is 17.1 Å². The highest BCUT2D eigenvalue weighted by molar-refractivity contribution is 5.82. The van der Waals surface area contributed by atoms with E-state index in [1.165, 1.54) is 0 Å². The number of hydrogen-bond donors (Lipinski definition) is 0. The van der Waals surface area contributed by atoms with Gasteiger partial charge in [-0.3, -0.25) is 4.79 Å². The minimum atomic E-state index is 0.536. The maximum atomic E-state index is 10.9. The molecule has 0 N–H and O–H groups in total. The normalized spacial score (nSPS) is 10.6. The fourth-order valence-electron chi connectivity index (χ4n) is 1.71. The molecule has 0 radical (unpaired) electrons.